The molecule has 7 heteroatoms. The summed E-state index contributed by atoms with van der Waals surface area (Å²) in [6.45, 7) is 0.437. The van der Waals surface area contributed by atoms with E-state index >= 15 is 0 Å². The molecule has 1 aliphatic carbocycles. The SMILES string of the molecule is COc1ccc(C(=O)N2CC[C@@]3(O)CCCC[C@H]3[C@@H]2c2cc(OC)ccc2OC)c(OC)c1. The molecule has 1 saturated carbocycles. The second-order valence-electron chi connectivity index (χ2n) is 8.82. The number of hydrogen-bond acceptors (Lipinski definition) is 6. The van der Waals surface area contributed by atoms with Crippen molar-refractivity contribution in [1.29, 1.82) is 0 Å². The van der Waals surface area contributed by atoms with Crippen molar-refractivity contribution in [3.8, 4) is 23.0 Å². The molecule has 0 aromatic heterocycles. The smallest absolute Gasteiger partial charge is 0.258 e. The predicted molar refractivity (Wildman–Crippen MR) is 124 cm³/mol. The zero-order valence-corrected chi connectivity index (χ0v) is 19.8. The van der Waals surface area contributed by atoms with Gasteiger partial charge >= 0.3 is 0 Å². The fraction of sp³-hybridized carbons (Fsp3) is 0.500. The Hall–Kier alpha value is -2.93. The summed E-state index contributed by atoms with van der Waals surface area (Å²) < 4.78 is 22.0. The van der Waals surface area contributed by atoms with Gasteiger partial charge in [-0.2, -0.15) is 0 Å². The molecule has 2 aromatic rings. The number of amides is 1. The maximum atomic E-state index is 13.9. The summed E-state index contributed by atoms with van der Waals surface area (Å²) in [5.74, 6) is 2.20. The zero-order chi connectivity index (χ0) is 23.6. The topological polar surface area (TPSA) is 77.5 Å². The van der Waals surface area contributed by atoms with Crippen LogP contribution in [0.3, 0.4) is 0 Å². The molecule has 178 valence electrons. The van der Waals surface area contributed by atoms with E-state index in [2.05, 4.69) is 0 Å². The molecular formula is C26H33NO6. The highest BCUT2D eigenvalue weighted by Crippen LogP contribution is 2.52. The minimum atomic E-state index is -0.808. The van der Waals surface area contributed by atoms with Crippen molar-refractivity contribution in [3.63, 3.8) is 0 Å². The van der Waals surface area contributed by atoms with Gasteiger partial charge in [0.05, 0.1) is 45.6 Å². The normalized spacial score (nSPS) is 24.6. The van der Waals surface area contributed by atoms with Crippen molar-refractivity contribution in [2.45, 2.75) is 43.7 Å². The van der Waals surface area contributed by atoms with Gasteiger partial charge in [-0.05, 0) is 49.6 Å². The third-order valence-electron chi connectivity index (χ3n) is 7.22. The van der Waals surface area contributed by atoms with Crippen LogP contribution >= 0.6 is 0 Å². The Morgan fingerprint density at radius 2 is 1.61 bits per heavy atom. The molecule has 0 unspecified atom stereocenters. The van der Waals surface area contributed by atoms with Crippen LogP contribution in [0.25, 0.3) is 0 Å². The Kier molecular flexibility index (Phi) is 6.70. The third-order valence-corrected chi connectivity index (χ3v) is 7.22. The number of aliphatic hydroxyl groups is 1. The second kappa shape index (κ2) is 9.51. The standard InChI is InChI=1S/C26H33NO6/c1-30-17-9-11-22(32-3)20(15-17)24-21-7-5-6-12-26(21,29)13-14-27(24)25(28)19-10-8-18(31-2)16-23(19)33-4/h8-11,15-16,21,24,29H,5-7,12-14H2,1-4H3/t21-,24-,26-/m0/s1. The Morgan fingerprint density at radius 3 is 2.30 bits per heavy atom. The average molecular weight is 456 g/mol. The molecule has 0 radical (unpaired) electrons. The number of carbonyl (C=O) groups is 1. The van der Waals surface area contributed by atoms with Crippen molar-refractivity contribution in [3.05, 3.63) is 47.5 Å². The number of hydrogen-bond donors (Lipinski definition) is 1. The molecule has 1 amide bonds. The zero-order valence-electron chi connectivity index (χ0n) is 19.8. The molecule has 2 aliphatic rings. The molecule has 0 bridgehead atoms. The van der Waals surface area contributed by atoms with Crippen molar-refractivity contribution < 1.29 is 28.8 Å². The van der Waals surface area contributed by atoms with Crippen LogP contribution in [0.15, 0.2) is 36.4 Å². The third kappa shape index (κ3) is 4.22. The van der Waals surface area contributed by atoms with E-state index < -0.39 is 5.60 Å². The number of likely N-dealkylation sites (tertiary alicyclic amines) is 1. The first-order valence-electron chi connectivity index (χ1n) is 11.4. The number of fused-ring (bicyclic) bond motifs is 1. The fourth-order valence-electron chi connectivity index (χ4n) is 5.49. The highest BCUT2D eigenvalue weighted by Gasteiger charge is 2.51. The van der Waals surface area contributed by atoms with Gasteiger partial charge in [0.2, 0.25) is 0 Å². The van der Waals surface area contributed by atoms with E-state index in [-0.39, 0.29) is 17.9 Å². The number of ether oxygens (including phenoxy) is 4. The first kappa shape index (κ1) is 23.2. The Morgan fingerprint density at radius 1 is 0.909 bits per heavy atom. The van der Waals surface area contributed by atoms with Crippen molar-refractivity contribution >= 4 is 5.91 Å². The van der Waals surface area contributed by atoms with Crippen LogP contribution < -0.4 is 18.9 Å². The summed E-state index contributed by atoms with van der Waals surface area (Å²) in [6.07, 6.45) is 4.14. The molecule has 1 aliphatic heterocycles. The lowest BCUT2D eigenvalue weighted by Gasteiger charge is -2.52. The van der Waals surface area contributed by atoms with Crippen LogP contribution in [0.4, 0.5) is 0 Å². The number of carbonyl (C=O) groups excluding carboxylic acids is 1. The quantitative estimate of drug-likeness (QED) is 0.703. The lowest BCUT2D eigenvalue weighted by atomic mass is 9.66. The summed E-state index contributed by atoms with van der Waals surface area (Å²) in [4.78, 5) is 15.8. The monoisotopic (exact) mass is 455 g/mol. The predicted octanol–water partition coefficient (Wildman–Crippen LogP) is 4.23. The van der Waals surface area contributed by atoms with E-state index in [1.165, 1.54) is 0 Å². The highest BCUT2D eigenvalue weighted by atomic mass is 16.5. The maximum Gasteiger partial charge on any atom is 0.258 e. The van der Waals surface area contributed by atoms with Gasteiger partial charge in [-0.3, -0.25) is 4.79 Å². The van der Waals surface area contributed by atoms with Gasteiger partial charge in [-0.25, -0.2) is 0 Å². The van der Waals surface area contributed by atoms with Crippen molar-refractivity contribution in [2.24, 2.45) is 5.92 Å². The van der Waals surface area contributed by atoms with E-state index in [1.807, 2.05) is 23.1 Å². The van der Waals surface area contributed by atoms with Crippen LogP contribution in [0.5, 0.6) is 23.0 Å². The minimum absolute atomic E-state index is 0.103. The molecule has 33 heavy (non-hydrogen) atoms. The van der Waals surface area contributed by atoms with E-state index in [1.54, 1.807) is 46.6 Å². The molecule has 2 fully saturated rings. The van der Waals surface area contributed by atoms with E-state index in [9.17, 15) is 9.90 Å². The molecule has 7 nitrogen and oxygen atoms in total. The van der Waals surface area contributed by atoms with Crippen molar-refractivity contribution in [1.82, 2.24) is 4.90 Å². The Bertz CT molecular complexity index is 1010. The van der Waals surface area contributed by atoms with Gasteiger partial charge in [0, 0.05) is 24.1 Å². The van der Waals surface area contributed by atoms with Gasteiger partial charge in [0.25, 0.3) is 5.91 Å². The number of methoxy groups -OCH3 is 4. The largest absolute Gasteiger partial charge is 0.497 e. The minimum Gasteiger partial charge on any atom is -0.497 e. The lowest BCUT2D eigenvalue weighted by molar-refractivity contribution is -0.115. The summed E-state index contributed by atoms with van der Waals surface area (Å²) in [5.41, 5.74) is 0.506. The van der Waals surface area contributed by atoms with Crippen molar-refractivity contribution in [2.75, 3.05) is 35.0 Å². The van der Waals surface area contributed by atoms with Crippen LogP contribution in [0, 0.1) is 5.92 Å². The highest BCUT2D eigenvalue weighted by molar-refractivity contribution is 5.97. The van der Waals surface area contributed by atoms with Gasteiger partial charge in [-0.1, -0.05) is 12.8 Å². The summed E-state index contributed by atoms with van der Waals surface area (Å²) in [5, 5.41) is 11.6. The van der Waals surface area contributed by atoms with Gasteiger partial charge < -0.3 is 29.0 Å². The summed E-state index contributed by atoms with van der Waals surface area (Å²) >= 11 is 0. The van der Waals surface area contributed by atoms with Gasteiger partial charge in [0.1, 0.15) is 23.0 Å². The van der Waals surface area contributed by atoms with Gasteiger partial charge in [0.15, 0.2) is 0 Å². The Balaban J connectivity index is 1.83. The number of rotatable bonds is 6. The van der Waals surface area contributed by atoms with Crippen LogP contribution in [0.1, 0.15) is 54.1 Å². The summed E-state index contributed by atoms with van der Waals surface area (Å²) in [7, 11) is 6.37. The van der Waals surface area contributed by atoms with Gasteiger partial charge in [-0.15, -0.1) is 0 Å². The second-order valence-corrected chi connectivity index (χ2v) is 8.82. The van der Waals surface area contributed by atoms with Crippen LogP contribution in [0.2, 0.25) is 0 Å². The first-order valence-corrected chi connectivity index (χ1v) is 11.4. The number of piperidine rings is 1. The molecule has 3 atom stereocenters. The molecule has 1 saturated heterocycles. The fourth-order valence-corrected chi connectivity index (χ4v) is 5.49. The lowest BCUT2D eigenvalue weighted by Crippen LogP contribution is -2.56. The van der Waals surface area contributed by atoms with E-state index in [4.69, 9.17) is 18.9 Å². The maximum absolute atomic E-state index is 13.9. The molecule has 0 spiro atoms. The number of benzene rings is 2. The molecule has 1 N–H and O–H groups in total. The number of nitrogens with zero attached hydrogens (tertiary/aromatic N) is 1. The molecule has 2 aromatic carbocycles. The molecule has 1 heterocycles. The first-order chi connectivity index (χ1) is 16.0. The Labute approximate surface area is 195 Å². The summed E-state index contributed by atoms with van der Waals surface area (Å²) in [6, 6.07) is 10.5. The van der Waals surface area contributed by atoms with Crippen LogP contribution in [-0.4, -0.2) is 56.5 Å². The van der Waals surface area contributed by atoms with E-state index in [0.717, 1.165) is 31.2 Å². The van der Waals surface area contributed by atoms with Crippen LogP contribution in [-0.2, 0) is 0 Å². The average Bonchev–Trinajstić information content (AvgIpc) is 2.86. The molecular weight excluding hydrogens is 422 g/mol. The molecule has 4 rings (SSSR count). The van der Waals surface area contributed by atoms with E-state index in [0.29, 0.717) is 41.5 Å².